The van der Waals surface area contributed by atoms with E-state index in [9.17, 15) is 36.0 Å². The van der Waals surface area contributed by atoms with E-state index in [1.165, 1.54) is 24.3 Å². The summed E-state index contributed by atoms with van der Waals surface area (Å²) in [5, 5.41) is 22.8. The average Bonchev–Trinajstić information content (AvgIpc) is 3.13. The summed E-state index contributed by atoms with van der Waals surface area (Å²) in [5.74, 6) is -3.98. The maximum atomic E-state index is 13.6. The van der Waals surface area contributed by atoms with E-state index in [2.05, 4.69) is 80.3 Å². The van der Waals surface area contributed by atoms with Crippen molar-refractivity contribution in [1.82, 2.24) is 20.6 Å². The largest absolute Gasteiger partial charge is 0.386 e. The molecule has 4 amide bonds. The van der Waals surface area contributed by atoms with Gasteiger partial charge >= 0.3 is 0 Å². The molecule has 21 nitrogen and oxygen atoms in total. The lowest BCUT2D eigenvalue weighted by molar-refractivity contribution is -0.117. The molecule has 326 valence electrons. The normalized spacial score (nSPS) is 11.3. The number of sulfone groups is 2. The zero-order valence-electron chi connectivity index (χ0n) is 32.2. The molecular formula is C35H47Br2N13O8S2. The zero-order chi connectivity index (χ0) is 44.6. The van der Waals surface area contributed by atoms with E-state index < -0.39 is 76.0 Å². The standard InChI is InChI=1S/C35H47Br2N13O8S2/c1-20(40)43-10-4-2-6-29(51)47-23-14-21(36)16-25(31(23)59(55,56)12-8-38)49-33(53)27-18-28(46-19-45-27)34(54)50-26-17-22(37)15-24(32(26)60(57,58)13-9-39)48-30(52)7-3-5-11-44-35(41)42/h14-19,43H,1-13,38-40H2,(H,47,51)(H,48,52)(H,49,53)(H,50,54)(H4,41,42,44). The highest BCUT2D eigenvalue weighted by atomic mass is 79.9. The third kappa shape index (κ3) is 15.1. The minimum absolute atomic E-state index is 0.00236. The fourth-order valence-electron chi connectivity index (χ4n) is 5.44. The van der Waals surface area contributed by atoms with Gasteiger partial charge in [-0.2, -0.15) is 0 Å². The minimum Gasteiger partial charge on any atom is -0.386 e. The van der Waals surface area contributed by atoms with E-state index >= 15 is 0 Å². The SMILES string of the molecule is C=C(N)NCCCCC(=O)Nc1cc(Br)cc(NC(=O)c2cc(C(=O)Nc3cc(Br)cc(NC(=O)CCCCNC(=N)N)c3S(=O)(=O)CCN)ncn2)c1S(=O)(=O)CCN. The third-order valence-electron chi connectivity index (χ3n) is 8.01. The number of benzene rings is 2. The molecule has 25 heteroatoms. The number of carbonyl (C=O) groups is 4. The van der Waals surface area contributed by atoms with E-state index in [4.69, 9.17) is 28.3 Å². The van der Waals surface area contributed by atoms with Gasteiger partial charge in [0.1, 0.15) is 27.5 Å². The van der Waals surface area contributed by atoms with Crippen molar-refractivity contribution in [1.29, 1.82) is 5.41 Å². The molecule has 1 heterocycles. The van der Waals surface area contributed by atoms with Crippen LogP contribution in [0.3, 0.4) is 0 Å². The van der Waals surface area contributed by atoms with Crippen LogP contribution in [0.25, 0.3) is 0 Å². The van der Waals surface area contributed by atoms with Gasteiger partial charge in [-0.25, -0.2) is 26.8 Å². The van der Waals surface area contributed by atoms with E-state index in [-0.39, 0.29) is 64.9 Å². The molecule has 0 saturated carbocycles. The molecule has 2 aromatic carbocycles. The van der Waals surface area contributed by atoms with Crippen LogP contribution in [0, 0.1) is 5.41 Å². The Morgan fingerprint density at radius 3 is 1.38 bits per heavy atom. The van der Waals surface area contributed by atoms with Crippen molar-refractivity contribution in [3.8, 4) is 0 Å². The van der Waals surface area contributed by atoms with Crippen LogP contribution in [0.2, 0.25) is 0 Å². The van der Waals surface area contributed by atoms with Gasteiger partial charge in [-0.1, -0.05) is 38.4 Å². The second-order valence-corrected chi connectivity index (χ2v) is 18.8. The second kappa shape index (κ2) is 23.0. The van der Waals surface area contributed by atoms with Crippen LogP contribution in [0.1, 0.15) is 59.5 Å². The Morgan fingerprint density at radius 1 is 0.633 bits per heavy atom. The molecule has 0 spiro atoms. The lowest BCUT2D eigenvalue weighted by Crippen LogP contribution is -2.31. The summed E-state index contributed by atoms with van der Waals surface area (Å²) < 4.78 is 54.6. The molecular weight excluding hydrogens is 954 g/mol. The Hall–Kier alpha value is -5.21. The van der Waals surface area contributed by atoms with Gasteiger partial charge in [-0.3, -0.25) is 24.6 Å². The number of hydrogen-bond donors (Lipinski definition) is 11. The average molecular weight is 1000 g/mol. The molecule has 3 aromatic rings. The monoisotopic (exact) mass is 999 g/mol. The summed E-state index contributed by atoms with van der Waals surface area (Å²) in [6, 6.07) is 6.30. The lowest BCUT2D eigenvalue weighted by Gasteiger charge is -2.18. The molecule has 0 saturated heterocycles. The van der Waals surface area contributed by atoms with Crippen molar-refractivity contribution in [2.24, 2.45) is 22.9 Å². The fourth-order valence-corrected chi connectivity index (χ4v) is 9.16. The Bertz CT molecular complexity index is 2180. The summed E-state index contributed by atoms with van der Waals surface area (Å²) in [4.78, 5) is 60.1. The Kier molecular flexibility index (Phi) is 18.8. The predicted octanol–water partition coefficient (Wildman–Crippen LogP) is 1.69. The number of unbranched alkanes of at least 4 members (excludes halogenated alkanes) is 2. The molecule has 0 aliphatic rings. The van der Waals surface area contributed by atoms with Gasteiger partial charge in [0, 0.05) is 54.0 Å². The molecule has 0 atom stereocenters. The van der Waals surface area contributed by atoms with Gasteiger partial charge in [0.05, 0.1) is 40.1 Å². The highest BCUT2D eigenvalue weighted by Crippen LogP contribution is 2.36. The molecule has 15 N–H and O–H groups in total. The van der Waals surface area contributed by atoms with Gasteiger partial charge in [0.2, 0.25) is 11.8 Å². The molecule has 0 aliphatic heterocycles. The van der Waals surface area contributed by atoms with E-state index in [0.717, 1.165) is 12.4 Å². The molecule has 60 heavy (non-hydrogen) atoms. The first-order chi connectivity index (χ1) is 28.3. The number of nitrogens with one attached hydrogen (secondary N) is 7. The summed E-state index contributed by atoms with van der Waals surface area (Å²) in [6.45, 7) is 3.82. The number of halogens is 2. The number of guanidine groups is 1. The van der Waals surface area contributed by atoms with Crippen LogP contribution < -0.4 is 54.8 Å². The van der Waals surface area contributed by atoms with Crippen LogP contribution >= 0.6 is 31.9 Å². The highest BCUT2D eigenvalue weighted by molar-refractivity contribution is 9.10. The number of amides is 4. The van der Waals surface area contributed by atoms with Crippen LogP contribution in [-0.2, 0) is 29.3 Å². The van der Waals surface area contributed by atoms with Gasteiger partial charge in [0.15, 0.2) is 25.6 Å². The smallest absolute Gasteiger partial charge is 0.274 e. The molecule has 0 bridgehead atoms. The van der Waals surface area contributed by atoms with Gasteiger partial charge in [0.25, 0.3) is 11.8 Å². The van der Waals surface area contributed by atoms with Crippen molar-refractivity contribution in [3.05, 3.63) is 69.4 Å². The summed E-state index contributed by atoms with van der Waals surface area (Å²) in [7, 11) is -8.43. The van der Waals surface area contributed by atoms with E-state index in [1.54, 1.807) is 0 Å². The van der Waals surface area contributed by atoms with Crippen molar-refractivity contribution < 1.29 is 36.0 Å². The van der Waals surface area contributed by atoms with Gasteiger partial charge in [-0.05, 0) is 49.9 Å². The fraction of sp³-hybridized carbons (Fsp3) is 0.343. The highest BCUT2D eigenvalue weighted by Gasteiger charge is 2.28. The van der Waals surface area contributed by atoms with Crippen LogP contribution in [-0.4, -0.2) is 94.1 Å². The maximum absolute atomic E-state index is 13.6. The topological polar surface area (TPSA) is 362 Å². The molecule has 0 unspecified atom stereocenters. The predicted molar refractivity (Wildman–Crippen MR) is 235 cm³/mol. The number of hydrogen-bond acceptors (Lipinski definition) is 15. The first-order valence-electron chi connectivity index (χ1n) is 18.1. The number of anilines is 4. The van der Waals surface area contributed by atoms with Crippen molar-refractivity contribution in [2.75, 3.05) is 59.0 Å². The van der Waals surface area contributed by atoms with Crippen molar-refractivity contribution in [3.63, 3.8) is 0 Å². The lowest BCUT2D eigenvalue weighted by atomic mass is 10.2. The van der Waals surface area contributed by atoms with Gasteiger partial charge in [-0.15, -0.1) is 0 Å². The quantitative estimate of drug-likeness (QED) is 0.0366. The number of aromatic nitrogens is 2. The van der Waals surface area contributed by atoms with Crippen molar-refractivity contribution >= 4 is 104 Å². The van der Waals surface area contributed by atoms with Crippen LogP contribution in [0.15, 0.2) is 67.8 Å². The minimum atomic E-state index is -4.22. The number of carbonyl (C=O) groups excluding carboxylic acids is 4. The van der Waals surface area contributed by atoms with Crippen LogP contribution in [0.5, 0.6) is 0 Å². The molecule has 0 radical (unpaired) electrons. The van der Waals surface area contributed by atoms with E-state index in [0.29, 0.717) is 43.2 Å². The maximum Gasteiger partial charge on any atom is 0.274 e. The summed E-state index contributed by atoms with van der Waals surface area (Å²) >= 11 is 6.58. The Labute approximate surface area is 363 Å². The third-order valence-corrected chi connectivity index (χ3v) is 12.6. The number of nitrogens with two attached hydrogens (primary N) is 4. The van der Waals surface area contributed by atoms with Gasteiger partial charge < -0.3 is 54.8 Å². The number of rotatable bonds is 23. The molecule has 1 aromatic heterocycles. The van der Waals surface area contributed by atoms with E-state index in [1.807, 2.05) is 0 Å². The number of nitrogens with zero attached hydrogens (tertiary/aromatic N) is 2. The van der Waals surface area contributed by atoms with Crippen LogP contribution in [0.4, 0.5) is 22.7 Å². The van der Waals surface area contributed by atoms with Crippen molar-refractivity contribution in [2.45, 2.75) is 48.3 Å². The second-order valence-electron chi connectivity index (χ2n) is 12.9. The molecule has 0 aliphatic carbocycles. The molecule has 0 fully saturated rings. The first-order valence-corrected chi connectivity index (χ1v) is 23.0. The summed E-state index contributed by atoms with van der Waals surface area (Å²) in [5.41, 5.74) is 20.4. The zero-order valence-corrected chi connectivity index (χ0v) is 37.0. The Morgan fingerprint density at radius 2 is 1.02 bits per heavy atom. The Balaban J connectivity index is 1.92. The summed E-state index contributed by atoms with van der Waals surface area (Å²) in [6.07, 6.45) is 2.81. The molecule has 3 rings (SSSR count). The first kappa shape index (κ1) is 49.2.